The van der Waals surface area contributed by atoms with Gasteiger partial charge in [0.15, 0.2) is 0 Å². The molecule has 2 nitrogen and oxygen atoms in total. The lowest BCUT2D eigenvalue weighted by Crippen LogP contribution is -2.08. The highest BCUT2D eigenvalue weighted by Gasteiger charge is 2.23. The van der Waals surface area contributed by atoms with E-state index in [0.717, 1.165) is 12.1 Å². The van der Waals surface area contributed by atoms with E-state index in [0.29, 0.717) is 0 Å². The predicted molar refractivity (Wildman–Crippen MR) is 43.1 cm³/mol. The Morgan fingerprint density at radius 1 is 1.43 bits per heavy atom. The molecule has 0 unspecified atom stereocenters. The van der Waals surface area contributed by atoms with Crippen LogP contribution in [0.5, 0.6) is 0 Å². The van der Waals surface area contributed by atoms with Gasteiger partial charge >= 0.3 is 5.97 Å². The Kier molecular flexibility index (Phi) is 2.78. The average molecular weight is 204 g/mol. The second-order valence-corrected chi connectivity index (χ2v) is 2.76. The molecule has 0 aliphatic heterocycles. The van der Waals surface area contributed by atoms with Gasteiger partial charge in [0.1, 0.15) is 5.82 Å². The number of rotatable bonds is 2. The molecule has 1 aromatic rings. The molecule has 0 heterocycles. The van der Waals surface area contributed by atoms with E-state index in [9.17, 15) is 18.0 Å². The van der Waals surface area contributed by atoms with Crippen molar-refractivity contribution < 1.29 is 23.1 Å². The van der Waals surface area contributed by atoms with Crippen LogP contribution in [0.25, 0.3) is 0 Å². The SMILES string of the molecule is Cc1ccc(F)c(C(F)F)c1C(=O)O. The van der Waals surface area contributed by atoms with Gasteiger partial charge < -0.3 is 5.11 Å². The number of hydrogen-bond donors (Lipinski definition) is 1. The smallest absolute Gasteiger partial charge is 0.336 e. The third-order valence-electron chi connectivity index (χ3n) is 1.83. The van der Waals surface area contributed by atoms with Crippen molar-refractivity contribution in [2.24, 2.45) is 0 Å². The van der Waals surface area contributed by atoms with Crippen molar-refractivity contribution in [2.45, 2.75) is 13.3 Å². The Morgan fingerprint density at radius 2 is 2.00 bits per heavy atom. The van der Waals surface area contributed by atoms with Crippen molar-refractivity contribution in [3.8, 4) is 0 Å². The number of halogens is 3. The molecule has 1 rings (SSSR count). The first-order valence-corrected chi connectivity index (χ1v) is 3.75. The van der Waals surface area contributed by atoms with Gasteiger partial charge in [-0.2, -0.15) is 0 Å². The number of carboxylic acid groups (broad SMARTS) is 1. The zero-order chi connectivity index (χ0) is 10.9. The molecule has 1 N–H and O–H groups in total. The summed E-state index contributed by atoms with van der Waals surface area (Å²) >= 11 is 0. The largest absolute Gasteiger partial charge is 0.478 e. The van der Waals surface area contributed by atoms with E-state index in [1.807, 2.05) is 0 Å². The standard InChI is InChI=1S/C9H7F3O2/c1-4-2-3-5(10)7(8(11)12)6(4)9(13)14/h2-3,8H,1H3,(H,13,14). The molecule has 0 aliphatic rings. The van der Waals surface area contributed by atoms with E-state index in [1.165, 1.54) is 6.92 Å². The zero-order valence-corrected chi connectivity index (χ0v) is 7.22. The van der Waals surface area contributed by atoms with Crippen LogP contribution >= 0.6 is 0 Å². The van der Waals surface area contributed by atoms with Crippen LogP contribution in [0, 0.1) is 12.7 Å². The third-order valence-corrected chi connectivity index (χ3v) is 1.83. The number of benzene rings is 1. The highest BCUT2D eigenvalue weighted by molar-refractivity contribution is 5.91. The van der Waals surface area contributed by atoms with Crippen molar-refractivity contribution in [1.29, 1.82) is 0 Å². The van der Waals surface area contributed by atoms with E-state index in [-0.39, 0.29) is 5.56 Å². The summed E-state index contributed by atoms with van der Waals surface area (Å²) in [6.07, 6.45) is -3.12. The Bertz CT molecular complexity index is 375. The lowest BCUT2D eigenvalue weighted by atomic mass is 10.0. The second-order valence-electron chi connectivity index (χ2n) is 2.76. The Morgan fingerprint density at radius 3 is 2.36 bits per heavy atom. The number of carbonyl (C=O) groups is 1. The van der Waals surface area contributed by atoms with Crippen molar-refractivity contribution in [1.82, 2.24) is 0 Å². The molecule has 0 aliphatic carbocycles. The first kappa shape index (κ1) is 10.6. The second kappa shape index (κ2) is 3.69. The monoisotopic (exact) mass is 204 g/mol. The first-order valence-electron chi connectivity index (χ1n) is 3.75. The van der Waals surface area contributed by atoms with Crippen molar-refractivity contribution in [3.63, 3.8) is 0 Å². The normalized spacial score (nSPS) is 10.6. The molecule has 0 fully saturated rings. The van der Waals surface area contributed by atoms with Gasteiger partial charge in [0.25, 0.3) is 6.43 Å². The average Bonchev–Trinajstić information content (AvgIpc) is 2.07. The van der Waals surface area contributed by atoms with E-state index in [1.54, 1.807) is 0 Å². The summed E-state index contributed by atoms with van der Waals surface area (Å²) in [6, 6.07) is 1.99. The molecule has 0 radical (unpaired) electrons. The summed E-state index contributed by atoms with van der Waals surface area (Å²) in [5.41, 5.74) is -1.58. The molecule has 0 spiro atoms. The Labute approximate surface area is 78.0 Å². The highest BCUT2D eigenvalue weighted by Crippen LogP contribution is 2.28. The minimum Gasteiger partial charge on any atom is -0.478 e. The molecule has 0 bridgehead atoms. The van der Waals surface area contributed by atoms with Crippen molar-refractivity contribution in [2.75, 3.05) is 0 Å². The van der Waals surface area contributed by atoms with Crippen LogP contribution in [0.2, 0.25) is 0 Å². The fourth-order valence-corrected chi connectivity index (χ4v) is 1.20. The third kappa shape index (κ3) is 1.71. The van der Waals surface area contributed by atoms with Gasteiger partial charge in [-0.05, 0) is 18.6 Å². The maximum Gasteiger partial charge on any atom is 0.336 e. The number of aromatic carboxylic acids is 1. The number of hydrogen-bond acceptors (Lipinski definition) is 1. The summed E-state index contributed by atoms with van der Waals surface area (Å²) in [5, 5.41) is 8.62. The van der Waals surface area contributed by atoms with Crippen LogP contribution in [0.15, 0.2) is 12.1 Å². The molecule has 1 aromatic carbocycles. The quantitative estimate of drug-likeness (QED) is 0.804. The van der Waals surface area contributed by atoms with Gasteiger partial charge in [-0.25, -0.2) is 18.0 Å². The van der Waals surface area contributed by atoms with E-state index in [2.05, 4.69) is 0 Å². The van der Waals surface area contributed by atoms with Gasteiger partial charge in [-0.15, -0.1) is 0 Å². The molecule has 14 heavy (non-hydrogen) atoms. The topological polar surface area (TPSA) is 37.3 Å². The lowest BCUT2D eigenvalue weighted by molar-refractivity contribution is 0.0681. The fourth-order valence-electron chi connectivity index (χ4n) is 1.20. The predicted octanol–water partition coefficient (Wildman–Crippen LogP) is 2.77. The van der Waals surface area contributed by atoms with E-state index < -0.39 is 29.3 Å². The Hall–Kier alpha value is -1.52. The first-order chi connectivity index (χ1) is 6.45. The van der Waals surface area contributed by atoms with Gasteiger partial charge in [0.05, 0.1) is 11.1 Å². The summed E-state index contributed by atoms with van der Waals surface area (Å²) in [6.45, 7) is 1.34. The van der Waals surface area contributed by atoms with E-state index >= 15 is 0 Å². The molecular formula is C9H7F3O2. The molecule has 76 valence electrons. The van der Waals surface area contributed by atoms with Gasteiger partial charge in [-0.1, -0.05) is 6.07 Å². The summed E-state index contributed by atoms with van der Waals surface area (Å²) < 4.78 is 37.5. The van der Waals surface area contributed by atoms with Gasteiger partial charge in [0.2, 0.25) is 0 Å². The number of aryl methyl sites for hydroxylation is 1. The Balaban J connectivity index is 3.50. The van der Waals surface area contributed by atoms with E-state index in [4.69, 9.17) is 5.11 Å². The van der Waals surface area contributed by atoms with Crippen molar-refractivity contribution in [3.05, 3.63) is 34.6 Å². The highest BCUT2D eigenvalue weighted by atomic mass is 19.3. The fraction of sp³-hybridized carbons (Fsp3) is 0.222. The minimum absolute atomic E-state index is 0.120. The van der Waals surface area contributed by atoms with Crippen molar-refractivity contribution >= 4 is 5.97 Å². The maximum atomic E-state index is 12.9. The minimum atomic E-state index is -3.12. The summed E-state index contributed by atoms with van der Waals surface area (Å²) in [4.78, 5) is 10.6. The maximum absolute atomic E-state index is 12.9. The van der Waals surface area contributed by atoms with Crippen LogP contribution in [0.3, 0.4) is 0 Å². The molecular weight excluding hydrogens is 197 g/mol. The molecule has 0 saturated heterocycles. The number of alkyl halides is 2. The van der Waals surface area contributed by atoms with Gasteiger partial charge in [-0.3, -0.25) is 0 Å². The molecule has 0 aromatic heterocycles. The molecule has 0 amide bonds. The van der Waals surface area contributed by atoms with Crippen LogP contribution < -0.4 is 0 Å². The molecule has 0 saturated carbocycles. The zero-order valence-electron chi connectivity index (χ0n) is 7.22. The van der Waals surface area contributed by atoms with Crippen LogP contribution in [0.4, 0.5) is 13.2 Å². The molecule has 0 atom stereocenters. The van der Waals surface area contributed by atoms with Gasteiger partial charge in [0, 0.05) is 0 Å². The van der Waals surface area contributed by atoms with Crippen LogP contribution in [0.1, 0.15) is 27.9 Å². The lowest BCUT2D eigenvalue weighted by Gasteiger charge is -2.08. The summed E-state index contributed by atoms with van der Waals surface area (Å²) in [7, 11) is 0. The van der Waals surface area contributed by atoms with Crippen LogP contribution in [-0.2, 0) is 0 Å². The summed E-state index contributed by atoms with van der Waals surface area (Å²) in [5.74, 6) is -2.74. The van der Waals surface area contributed by atoms with Crippen LogP contribution in [-0.4, -0.2) is 11.1 Å². The molecule has 5 heteroatoms. The number of carboxylic acids is 1.